The smallest absolute Gasteiger partial charge is 0.180 e. The van der Waals surface area contributed by atoms with E-state index in [-0.39, 0.29) is 24.0 Å². The summed E-state index contributed by atoms with van der Waals surface area (Å²) >= 11 is 0. The first kappa shape index (κ1) is 17.4. The molecule has 1 saturated carbocycles. The van der Waals surface area contributed by atoms with Crippen LogP contribution in [0.3, 0.4) is 0 Å². The Morgan fingerprint density at radius 3 is 2.67 bits per heavy atom. The van der Waals surface area contributed by atoms with E-state index in [0.29, 0.717) is 5.92 Å². The van der Waals surface area contributed by atoms with Crippen molar-refractivity contribution in [2.24, 2.45) is 5.92 Å². The zero-order valence-electron chi connectivity index (χ0n) is 15.3. The average Bonchev–Trinajstić information content (AvgIpc) is 3.34. The maximum atomic E-state index is 13.0. The van der Waals surface area contributed by atoms with E-state index in [9.17, 15) is 9.90 Å². The van der Waals surface area contributed by atoms with Gasteiger partial charge in [0.2, 0.25) is 0 Å². The molecule has 24 heavy (non-hydrogen) atoms. The summed E-state index contributed by atoms with van der Waals surface area (Å²) in [4.78, 5) is 15.2. The van der Waals surface area contributed by atoms with Crippen molar-refractivity contribution >= 4 is 11.5 Å². The summed E-state index contributed by atoms with van der Waals surface area (Å²) in [5, 5.41) is 12.8. The molecule has 2 N–H and O–H groups in total. The Balaban J connectivity index is 1.81. The van der Waals surface area contributed by atoms with Gasteiger partial charge < -0.3 is 10.4 Å². The second-order valence-corrected chi connectivity index (χ2v) is 8.37. The second-order valence-electron chi connectivity index (χ2n) is 8.37. The highest BCUT2D eigenvalue weighted by atomic mass is 16.3. The number of benzene rings is 1. The minimum absolute atomic E-state index is 0.0146. The minimum Gasteiger partial charge on any atom is -0.394 e. The van der Waals surface area contributed by atoms with Crippen molar-refractivity contribution in [3.63, 3.8) is 0 Å². The summed E-state index contributed by atoms with van der Waals surface area (Å²) in [6.07, 6.45) is 3.52. The van der Waals surface area contributed by atoms with Gasteiger partial charge in [-0.15, -0.1) is 0 Å². The van der Waals surface area contributed by atoms with Gasteiger partial charge in [0.05, 0.1) is 18.2 Å². The summed E-state index contributed by atoms with van der Waals surface area (Å²) in [5.74, 6) is 1.43. The number of carbonyl (C=O) groups excluding carboxylic acids is 1. The molecule has 2 aliphatic rings. The fourth-order valence-electron chi connectivity index (χ4n) is 3.67. The molecular formula is C20H30N2O2. The Kier molecular flexibility index (Phi) is 4.71. The molecule has 0 heterocycles. The zero-order valence-corrected chi connectivity index (χ0v) is 15.3. The van der Waals surface area contributed by atoms with Crippen LogP contribution in [0.4, 0.5) is 5.69 Å². The predicted octanol–water partition coefficient (Wildman–Crippen LogP) is 3.27. The van der Waals surface area contributed by atoms with Gasteiger partial charge in [-0.25, -0.2) is 0 Å². The molecular weight excluding hydrogens is 300 g/mol. The molecule has 2 atom stereocenters. The highest BCUT2D eigenvalue weighted by Gasteiger charge is 2.36. The van der Waals surface area contributed by atoms with Crippen molar-refractivity contribution in [3.05, 3.63) is 29.3 Å². The first-order chi connectivity index (χ1) is 11.3. The Labute approximate surface area is 145 Å². The summed E-state index contributed by atoms with van der Waals surface area (Å²) in [5.41, 5.74) is 2.60. The first-order valence-electron chi connectivity index (χ1n) is 9.08. The molecule has 0 saturated heterocycles. The average molecular weight is 330 g/mol. The number of aliphatic hydroxyl groups excluding tert-OH is 1. The van der Waals surface area contributed by atoms with Gasteiger partial charge in [-0.2, -0.15) is 0 Å². The van der Waals surface area contributed by atoms with Crippen molar-refractivity contribution in [2.45, 2.75) is 57.5 Å². The van der Waals surface area contributed by atoms with Crippen LogP contribution in [0.5, 0.6) is 0 Å². The number of nitrogens with zero attached hydrogens (tertiary/aromatic N) is 1. The number of fused-ring (bicyclic) bond motifs is 1. The van der Waals surface area contributed by atoms with E-state index >= 15 is 0 Å². The Hall–Kier alpha value is -1.39. The van der Waals surface area contributed by atoms with Gasteiger partial charge in [-0.3, -0.25) is 9.69 Å². The van der Waals surface area contributed by atoms with Crippen LogP contribution >= 0.6 is 0 Å². The molecule has 0 radical (unpaired) electrons. The van der Waals surface area contributed by atoms with Gasteiger partial charge in [0, 0.05) is 17.8 Å². The fraction of sp³-hybridized carbons (Fsp3) is 0.650. The van der Waals surface area contributed by atoms with Crippen molar-refractivity contribution in [2.75, 3.05) is 25.5 Å². The quantitative estimate of drug-likeness (QED) is 0.840. The highest BCUT2D eigenvalue weighted by Crippen LogP contribution is 2.37. The van der Waals surface area contributed by atoms with E-state index in [0.717, 1.165) is 35.7 Å². The van der Waals surface area contributed by atoms with Crippen LogP contribution in [0.15, 0.2) is 18.2 Å². The van der Waals surface area contributed by atoms with E-state index < -0.39 is 0 Å². The third kappa shape index (κ3) is 3.65. The molecule has 3 rings (SSSR count). The van der Waals surface area contributed by atoms with E-state index in [1.165, 1.54) is 12.8 Å². The number of carbonyl (C=O) groups is 1. The lowest BCUT2D eigenvalue weighted by molar-refractivity contribution is 0.0809. The summed E-state index contributed by atoms with van der Waals surface area (Å²) < 4.78 is 0. The van der Waals surface area contributed by atoms with Crippen LogP contribution in [0.25, 0.3) is 0 Å². The maximum absolute atomic E-state index is 13.0. The molecule has 1 fully saturated rings. The van der Waals surface area contributed by atoms with Gasteiger partial charge in [0.1, 0.15) is 0 Å². The number of nitrogens with one attached hydrogen (secondary N) is 1. The van der Waals surface area contributed by atoms with Crippen LogP contribution in [0, 0.1) is 5.92 Å². The SMILES string of the molecule is CC1CC(N(C)CC2CC2)C(=O)c2ccc(NC(C)(C)CO)cc21. The van der Waals surface area contributed by atoms with Gasteiger partial charge in [-0.1, -0.05) is 6.92 Å². The van der Waals surface area contributed by atoms with Crippen LogP contribution in [0.2, 0.25) is 0 Å². The summed E-state index contributed by atoms with van der Waals surface area (Å²) in [6, 6.07) is 6.03. The molecule has 1 aromatic carbocycles. The Bertz CT molecular complexity index is 622. The molecule has 132 valence electrons. The van der Waals surface area contributed by atoms with E-state index in [1.54, 1.807) is 0 Å². The number of hydrogen-bond donors (Lipinski definition) is 2. The number of ketones is 1. The summed E-state index contributed by atoms with van der Waals surface area (Å²) in [7, 11) is 2.10. The lowest BCUT2D eigenvalue weighted by Crippen LogP contribution is -2.43. The van der Waals surface area contributed by atoms with E-state index in [1.807, 2.05) is 26.0 Å². The predicted molar refractivity (Wildman–Crippen MR) is 97.7 cm³/mol. The fourth-order valence-corrected chi connectivity index (χ4v) is 3.67. The number of anilines is 1. The van der Waals surface area contributed by atoms with Crippen LogP contribution in [-0.2, 0) is 0 Å². The summed E-state index contributed by atoms with van der Waals surface area (Å²) in [6.45, 7) is 7.24. The molecule has 2 unspecified atom stereocenters. The van der Waals surface area contributed by atoms with Crippen LogP contribution in [-0.4, -0.2) is 47.6 Å². The molecule has 0 amide bonds. The number of hydrogen-bond acceptors (Lipinski definition) is 4. The number of likely N-dealkylation sites (N-methyl/N-ethyl adjacent to an activating group) is 1. The second kappa shape index (κ2) is 6.49. The topological polar surface area (TPSA) is 52.6 Å². The molecule has 0 bridgehead atoms. The van der Waals surface area contributed by atoms with Crippen LogP contribution in [0.1, 0.15) is 61.9 Å². The van der Waals surface area contributed by atoms with Crippen molar-refractivity contribution in [1.29, 1.82) is 0 Å². The maximum Gasteiger partial charge on any atom is 0.180 e. The largest absolute Gasteiger partial charge is 0.394 e. The molecule has 4 nitrogen and oxygen atoms in total. The highest BCUT2D eigenvalue weighted by molar-refractivity contribution is 6.03. The molecule has 2 aliphatic carbocycles. The van der Waals surface area contributed by atoms with Crippen LogP contribution < -0.4 is 5.32 Å². The van der Waals surface area contributed by atoms with E-state index in [2.05, 4.69) is 30.3 Å². The standard InChI is InChI=1S/C20H30N2O2/c1-13-9-18(22(4)11-14-5-6-14)19(24)16-8-7-15(10-17(13)16)21-20(2,3)12-23/h7-8,10,13-14,18,21,23H,5-6,9,11-12H2,1-4H3. The third-order valence-electron chi connectivity index (χ3n) is 5.38. The number of rotatable bonds is 6. The third-order valence-corrected chi connectivity index (χ3v) is 5.38. The lowest BCUT2D eigenvalue weighted by atomic mass is 9.79. The minimum atomic E-state index is -0.372. The Morgan fingerprint density at radius 1 is 1.33 bits per heavy atom. The molecule has 0 aliphatic heterocycles. The first-order valence-corrected chi connectivity index (χ1v) is 9.08. The normalized spacial score (nSPS) is 24.2. The number of Topliss-reactive ketones (excluding diaryl/α,β-unsaturated/α-hetero) is 1. The lowest BCUT2D eigenvalue weighted by Gasteiger charge is -2.35. The number of aliphatic hydroxyl groups is 1. The zero-order chi connectivity index (χ0) is 17.5. The monoisotopic (exact) mass is 330 g/mol. The van der Waals surface area contributed by atoms with E-state index in [4.69, 9.17) is 0 Å². The van der Waals surface area contributed by atoms with Crippen molar-refractivity contribution in [1.82, 2.24) is 4.90 Å². The van der Waals surface area contributed by atoms with Crippen molar-refractivity contribution in [3.8, 4) is 0 Å². The van der Waals surface area contributed by atoms with Gasteiger partial charge >= 0.3 is 0 Å². The van der Waals surface area contributed by atoms with Gasteiger partial charge in [0.25, 0.3) is 0 Å². The molecule has 0 aromatic heterocycles. The molecule has 0 spiro atoms. The van der Waals surface area contributed by atoms with Gasteiger partial charge in [0.15, 0.2) is 5.78 Å². The van der Waals surface area contributed by atoms with Crippen molar-refractivity contribution < 1.29 is 9.90 Å². The molecule has 1 aromatic rings. The van der Waals surface area contributed by atoms with Gasteiger partial charge in [-0.05, 0) is 75.8 Å². The Morgan fingerprint density at radius 2 is 2.04 bits per heavy atom. The molecule has 4 heteroatoms.